The third-order valence-corrected chi connectivity index (χ3v) is 3.48. The number of piperidine rings is 1. The van der Waals surface area contributed by atoms with Crippen LogP contribution < -0.4 is 10.6 Å². The molecule has 1 aliphatic carbocycles. The second-order valence-corrected chi connectivity index (χ2v) is 5.00. The first kappa shape index (κ1) is 13.4. The molecule has 1 aromatic rings. The van der Waals surface area contributed by atoms with Crippen LogP contribution >= 0.6 is 12.4 Å². The summed E-state index contributed by atoms with van der Waals surface area (Å²) in [6, 6.07) is 2.14. The summed E-state index contributed by atoms with van der Waals surface area (Å²) in [5.41, 5.74) is 1.63. The molecule has 2 aliphatic rings. The lowest BCUT2D eigenvalue weighted by molar-refractivity contribution is 0.0925. The third kappa shape index (κ3) is 3.03. The van der Waals surface area contributed by atoms with Crippen molar-refractivity contribution in [2.45, 2.75) is 37.6 Å². The Bertz CT molecular complexity index is 410. The lowest BCUT2D eigenvalue weighted by Gasteiger charge is -2.23. The quantitative estimate of drug-likeness (QED) is 0.773. The van der Waals surface area contributed by atoms with E-state index in [1.54, 1.807) is 0 Å². The minimum absolute atomic E-state index is 0. The van der Waals surface area contributed by atoms with E-state index < -0.39 is 0 Å². The maximum absolute atomic E-state index is 11.9. The summed E-state index contributed by atoms with van der Waals surface area (Å²) in [5.74, 6) is 0.558. The van der Waals surface area contributed by atoms with Crippen LogP contribution in [-0.4, -0.2) is 35.2 Å². The number of aromatic nitrogens is 2. The summed E-state index contributed by atoms with van der Waals surface area (Å²) < 4.78 is 0. The van der Waals surface area contributed by atoms with E-state index in [4.69, 9.17) is 0 Å². The number of H-pyrrole nitrogens is 1. The Morgan fingerprint density at radius 2 is 2.22 bits per heavy atom. The molecule has 1 saturated carbocycles. The Balaban J connectivity index is 0.00000120. The predicted molar refractivity (Wildman–Crippen MR) is 71.2 cm³/mol. The minimum atomic E-state index is -0.0538. The molecule has 0 bridgehead atoms. The minimum Gasteiger partial charge on any atom is -0.347 e. The van der Waals surface area contributed by atoms with Gasteiger partial charge in [0.15, 0.2) is 0 Å². The van der Waals surface area contributed by atoms with E-state index in [1.165, 1.54) is 12.8 Å². The van der Waals surface area contributed by atoms with Crippen molar-refractivity contribution in [2.75, 3.05) is 13.1 Å². The molecule has 1 saturated heterocycles. The van der Waals surface area contributed by atoms with E-state index in [0.29, 0.717) is 11.6 Å². The van der Waals surface area contributed by atoms with Gasteiger partial charge >= 0.3 is 0 Å². The Kier molecular flexibility index (Phi) is 4.24. The van der Waals surface area contributed by atoms with Crippen molar-refractivity contribution in [1.82, 2.24) is 20.8 Å². The highest BCUT2D eigenvalue weighted by Crippen LogP contribution is 2.38. The van der Waals surface area contributed by atoms with Gasteiger partial charge in [0.1, 0.15) is 5.69 Å². The summed E-state index contributed by atoms with van der Waals surface area (Å²) >= 11 is 0. The molecule has 1 aliphatic heterocycles. The van der Waals surface area contributed by atoms with Gasteiger partial charge in [0.05, 0.1) is 0 Å². The van der Waals surface area contributed by atoms with Crippen molar-refractivity contribution < 1.29 is 4.79 Å². The number of rotatable bonds is 3. The molecule has 0 spiro atoms. The van der Waals surface area contributed by atoms with E-state index in [0.717, 1.165) is 31.6 Å². The monoisotopic (exact) mass is 270 g/mol. The predicted octanol–water partition coefficient (Wildman–Crippen LogP) is 1.19. The summed E-state index contributed by atoms with van der Waals surface area (Å²) in [7, 11) is 0. The maximum atomic E-state index is 11.9. The van der Waals surface area contributed by atoms with Crippen LogP contribution in [0.3, 0.4) is 0 Å². The molecule has 3 N–H and O–H groups in total. The van der Waals surface area contributed by atoms with Gasteiger partial charge in [0.2, 0.25) is 0 Å². The first-order valence-electron chi connectivity index (χ1n) is 6.40. The first-order chi connectivity index (χ1) is 8.33. The molecule has 0 aromatic carbocycles. The Morgan fingerprint density at radius 3 is 2.89 bits per heavy atom. The van der Waals surface area contributed by atoms with Crippen molar-refractivity contribution >= 4 is 18.3 Å². The second kappa shape index (κ2) is 5.71. The summed E-state index contributed by atoms with van der Waals surface area (Å²) in [6.45, 7) is 1.92. The lowest BCUT2D eigenvalue weighted by Crippen LogP contribution is -2.45. The molecule has 1 atom stereocenters. The van der Waals surface area contributed by atoms with E-state index >= 15 is 0 Å². The van der Waals surface area contributed by atoms with E-state index in [1.807, 2.05) is 6.07 Å². The van der Waals surface area contributed by atoms with Crippen LogP contribution in [0.5, 0.6) is 0 Å². The average Bonchev–Trinajstić information content (AvgIpc) is 3.08. The molecule has 100 valence electrons. The highest BCUT2D eigenvalue weighted by atomic mass is 35.5. The topological polar surface area (TPSA) is 69.8 Å². The number of amides is 1. The fourth-order valence-corrected chi connectivity index (χ4v) is 2.29. The number of carbonyl (C=O) groups excluding carboxylic acids is 1. The van der Waals surface area contributed by atoms with Gasteiger partial charge in [-0.25, -0.2) is 0 Å². The molecular weight excluding hydrogens is 252 g/mol. The number of carbonyl (C=O) groups is 1. The molecule has 18 heavy (non-hydrogen) atoms. The van der Waals surface area contributed by atoms with Crippen LogP contribution in [0, 0.1) is 0 Å². The fourth-order valence-electron chi connectivity index (χ4n) is 2.29. The number of hydrogen-bond acceptors (Lipinski definition) is 3. The molecule has 2 fully saturated rings. The van der Waals surface area contributed by atoms with Crippen molar-refractivity contribution in [2.24, 2.45) is 0 Å². The standard InChI is InChI=1S/C12H18N4O.ClH/c17-12(14-9-2-1-5-13-7-9)11-6-10(15-16-11)8-3-4-8;/h6,8-9,13H,1-5,7H2,(H,14,17)(H,15,16);1H/t9-;/m0./s1. The van der Waals surface area contributed by atoms with Gasteiger partial charge in [0.25, 0.3) is 5.91 Å². The molecule has 6 heteroatoms. The van der Waals surface area contributed by atoms with Crippen molar-refractivity contribution in [3.8, 4) is 0 Å². The molecule has 5 nitrogen and oxygen atoms in total. The number of nitrogens with zero attached hydrogens (tertiary/aromatic N) is 1. The molecule has 0 unspecified atom stereocenters. The molecule has 0 radical (unpaired) electrons. The molecule has 3 rings (SSSR count). The first-order valence-corrected chi connectivity index (χ1v) is 6.40. The Labute approximate surface area is 113 Å². The van der Waals surface area contributed by atoms with Gasteiger partial charge in [-0.3, -0.25) is 9.89 Å². The van der Waals surface area contributed by atoms with Gasteiger partial charge in [-0.1, -0.05) is 0 Å². The molecule has 1 amide bonds. The highest BCUT2D eigenvalue weighted by Gasteiger charge is 2.27. The van der Waals surface area contributed by atoms with Gasteiger partial charge in [-0.15, -0.1) is 12.4 Å². The molecular formula is C12H19ClN4O. The number of aromatic amines is 1. The number of hydrogen-bond donors (Lipinski definition) is 3. The zero-order chi connectivity index (χ0) is 11.7. The molecule has 1 aromatic heterocycles. The van der Waals surface area contributed by atoms with Crippen molar-refractivity contribution in [1.29, 1.82) is 0 Å². The maximum Gasteiger partial charge on any atom is 0.272 e. The summed E-state index contributed by atoms with van der Waals surface area (Å²) in [6.07, 6.45) is 4.61. The Hall–Kier alpha value is -1.07. The van der Waals surface area contributed by atoms with E-state index in [2.05, 4.69) is 20.8 Å². The zero-order valence-electron chi connectivity index (χ0n) is 10.2. The van der Waals surface area contributed by atoms with Gasteiger partial charge < -0.3 is 10.6 Å². The SMILES string of the molecule is Cl.O=C(N[C@H]1CCCNC1)c1cc(C2CC2)[nH]n1. The van der Waals surface area contributed by atoms with Crippen LogP contribution in [0.4, 0.5) is 0 Å². The lowest BCUT2D eigenvalue weighted by atomic mass is 10.1. The van der Waals surface area contributed by atoms with Crippen LogP contribution in [0.2, 0.25) is 0 Å². The molecule has 2 heterocycles. The van der Waals surface area contributed by atoms with Gasteiger partial charge in [0, 0.05) is 24.2 Å². The van der Waals surface area contributed by atoms with Crippen molar-refractivity contribution in [3.05, 3.63) is 17.5 Å². The normalized spacial score (nSPS) is 23.2. The average molecular weight is 271 g/mol. The van der Waals surface area contributed by atoms with E-state index in [-0.39, 0.29) is 24.4 Å². The van der Waals surface area contributed by atoms with Crippen molar-refractivity contribution in [3.63, 3.8) is 0 Å². The zero-order valence-corrected chi connectivity index (χ0v) is 11.1. The van der Waals surface area contributed by atoms with Crippen LogP contribution in [-0.2, 0) is 0 Å². The highest BCUT2D eigenvalue weighted by molar-refractivity contribution is 5.92. The fraction of sp³-hybridized carbons (Fsp3) is 0.667. The van der Waals surface area contributed by atoms with Crippen LogP contribution in [0.25, 0.3) is 0 Å². The van der Waals surface area contributed by atoms with Gasteiger partial charge in [-0.2, -0.15) is 5.10 Å². The largest absolute Gasteiger partial charge is 0.347 e. The number of halogens is 1. The Morgan fingerprint density at radius 1 is 1.39 bits per heavy atom. The third-order valence-electron chi connectivity index (χ3n) is 3.48. The van der Waals surface area contributed by atoms with Crippen LogP contribution in [0.15, 0.2) is 6.07 Å². The van der Waals surface area contributed by atoms with Crippen LogP contribution in [0.1, 0.15) is 47.8 Å². The van der Waals surface area contributed by atoms with E-state index in [9.17, 15) is 4.79 Å². The number of nitrogens with one attached hydrogen (secondary N) is 3. The van der Waals surface area contributed by atoms with Gasteiger partial charge in [-0.05, 0) is 38.3 Å². The summed E-state index contributed by atoms with van der Waals surface area (Å²) in [5, 5.41) is 13.4. The summed E-state index contributed by atoms with van der Waals surface area (Å²) in [4.78, 5) is 11.9. The smallest absolute Gasteiger partial charge is 0.272 e. The second-order valence-electron chi connectivity index (χ2n) is 5.00.